The maximum atomic E-state index is 13.0. The normalized spacial score (nSPS) is 16.2. The quantitative estimate of drug-likeness (QED) is 0.0640. The first kappa shape index (κ1) is 65.6. The van der Waals surface area contributed by atoms with Crippen LogP contribution in [0.4, 0.5) is 149 Å². The molecule has 0 aliphatic heterocycles. The van der Waals surface area contributed by atoms with Crippen LogP contribution in [0.1, 0.15) is 12.8 Å². The highest BCUT2D eigenvalue weighted by molar-refractivity contribution is 7.87. The summed E-state index contributed by atoms with van der Waals surface area (Å²) in [5.41, 5.74) is 0. The van der Waals surface area contributed by atoms with Crippen molar-refractivity contribution in [2.24, 2.45) is 0 Å². The van der Waals surface area contributed by atoms with Crippen molar-refractivity contribution < 1.29 is 185 Å². The van der Waals surface area contributed by atoms with Gasteiger partial charge in [-0.15, -0.1) is 0 Å². The molecule has 0 saturated heterocycles. The third kappa shape index (κ3) is 9.70. The van der Waals surface area contributed by atoms with Crippen LogP contribution >= 0.6 is 0 Å². The molecule has 0 radical (unpaired) electrons. The highest BCUT2D eigenvalue weighted by Gasteiger charge is 2.98. The second-order valence-corrected chi connectivity index (χ2v) is 14.0. The smallest absolute Gasteiger partial charge is 0.396 e. The van der Waals surface area contributed by atoms with E-state index in [1.807, 2.05) is 0 Å². The van der Waals surface area contributed by atoms with Crippen LogP contribution in [0.5, 0.6) is 0 Å². The Kier molecular flexibility index (Phi) is 18.2. The van der Waals surface area contributed by atoms with E-state index in [2.05, 4.69) is 0 Å². The molecule has 0 spiro atoms. The van der Waals surface area contributed by atoms with Gasteiger partial charge in [0.05, 0.1) is 0 Å². The van der Waals surface area contributed by atoms with Crippen LogP contribution in [-0.2, 0) is 20.2 Å². The summed E-state index contributed by atoms with van der Waals surface area (Å²) in [7, 11) is -15.8. The van der Waals surface area contributed by atoms with Crippen LogP contribution < -0.4 is 0 Å². The Balaban J connectivity index is -0.00000103. The van der Waals surface area contributed by atoms with Crippen LogP contribution in [0, 0.1) is 0 Å². The topological polar surface area (TPSA) is 149 Å². The predicted octanol–water partition coefficient (Wildman–Crippen LogP) is 9.43. The molecule has 44 heteroatoms. The van der Waals surface area contributed by atoms with E-state index in [0.29, 0.717) is 0 Å². The van der Waals surface area contributed by atoms with Crippen molar-refractivity contribution >= 4 is 20.2 Å². The van der Waals surface area contributed by atoms with E-state index in [1.54, 1.807) is 0 Å². The molecule has 0 heterocycles. The number of alkyl halides is 34. The first-order chi connectivity index (χ1) is 26.9. The van der Waals surface area contributed by atoms with Gasteiger partial charge in [-0.1, -0.05) is 0 Å². The van der Waals surface area contributed by atoms with E-state index in [0.717, 1.165) is 12.8 Å². The number of halogens is 34. The van der Waals surface area contributed by atoms with Crippen molar-refractivity contribution in [3.8, 4) is 0 Å². The molecule has 0 bridgehead atoms. The minimum atomic E-state index is -8.89. The number of unbranched alkanes of at least 4 members (excludes halogenated alkanes) is 1. The number of aliphatic hydroxyl groups is 2. The Morgan fingerprint density at radius 3 is 0.484 bits per heavy atom. The van der Waals surface area contributed by atoms with E-state index in [4.69, 9.17) is 19.3 Å². The molecule has 0 atom stereocenters. The number of rotatable bonds is 17. The highest BCUT2D eigenvalue weighted by atomic mass is 32.2. The van der Waals surface area contributed by atoms with Crippen molar-refractivity contribution in [2.45, 2.75) is 107 Å². The van der Waals surface area contributed by atoms with Gasteiger partial charge >= 0.3 is 114 Å². The summed E-state index contributed by atoms with van der Waals surface area (Å²) in [6.07, 6.45) is -14.3. The van der Waals surface area contributed by atoms with Gasteiger partial charge in [0, 0.05) is 13.2 Å². The summed E-state index contributed by atoms with van der Waals surface area (Å²) >= 11 is 0. The molecule has 0 aromatic carbocycles. The summed E-state index contributed by atoms with van der Waals surface area (Å²) < 4.78 is 485. The van der Waals surface area contributed by atoms with Gasteiger partial charge in [-0.05, 0) is 12.8 Å². The van der Waals surface area contributed by atoms with Crippen molar-refractivity contribution in [1.82, 2.24) is 0 Å². The van der Waals surface area contributed by atoms with Gasteiger partial charge in [0.2, 0.25) is 0 Å². The molecule has 0 unspecified atom stereocenters. The van der Waals surface area contributed by atoms with Crippen molar-refractivity contribution in [3.05, 3.63) is 0 Å². The average molecular weight is 1090 g/mol. The zero-order valence-electron chi connectivity index (χ0n) is 27.9. The highest BCUT2D eigenvalue weighted by Crippen LogP contribution is 2.66. The minimum Gasteiger partial charge on any atom is -0.396 e. The minimum absolute atomic E-state index is 0.195. The standard InChI is InChI=1S/2C8HF17O3S.C4H10O2/c2*9-1(10,3(13,14)5(17,18)7(21,22)23)2(11,12)4(15,16)6(19,20)8(24,25)29(26,27)28;5-3-1-2-4-6/h2*(H,26,27,28);5-6H,1-4H2. The van der Waals surface area contributed by atoms with Gasteiger partial charge in [-0.25, -0.2) is 0 Å². The maximum Gasteiger partial charge on any atom is 0.460 e. The summed E-state index contributed by atoms with van der Waals surface area (Å²) in [6, 6.07) is 0. The lowest BCUT2D eigenvalue weighted by molar-refractivity contribution is -0.458. The lowest BCUT2D eigenvalue weighted by atomic mass is 9.91. The molecule has 64 heavy (non-hydrogen) atoms. The number of aliphatic hydroxyl groups excluding tert-OH is 2. The predicted molar refractivity (Wildman–Crippen MR) is 128 cm³/mol. The lowest BCUT2D eigenvalue weighted by Gasteiger charge is -2.42. The lowest BCUT2D eigenvalue weighted by Crippen LogP contribution is -2.74. The second kappa shape index (κ2) is 17.8. The number of hydrogen-bond acceptors (Lipinski definition) is 6. The third-order valence-corrected chi connectivity index (χ3v) is 8.41. The summed E-state index contributed by atoms with van der Waals surface area (Å²) in [5, 5.41) is 0.488. The van der Waals surface area contributed by atoms with Crippen molar-refractivity contribution in [2.75, 3.05) is 13.2 Å². The fraction of sp³-hybridized carbons (Fsp3) is 1.00. The Morgan fingerprint density at radius 1 is 0.250 bits per heavy atom. The maximum absolute atomic E-state index is 13.0. The summed E-state index contributed by atoms with van der Waals surface area (Å²) in [4.78, 5) is 0. The van der Waals surface area contributed by atoms with Crippen LogP contribution in [0.25, 0.3) is 0 Å². The number of hydrogen-bond donors (Lipinski definition) is 4. The van der Waals surface area contributed by atoms with Gasteiger partial charge in [0.15, 0.2) is 0 Å². The largest absolute Gasteiger partial charge is 0.460 e. The van der Waals surface area contributed by atoms with E-state index >= 15 is 0 Å². The Morgan fingerprint density at radius 2 is 0.375 bits per heavy atom. The first-order valence-electron chi connectivity index (χ1n) is 13.5. The molecule has 0 aromatic rings. The van der Waals surface area contributed by atoms with Gasteiger partial charge < -0.3 is 10.2 Å². The fourth-order valence-corrected chi connectivity index (χ4v) is 3.75. The molecule has 0 rings (SSSR count). The first-order valence-corrected chi connectivity index (χ1v) is 16.4. The molecule has 0 aliphatic rings. The van der Waals surface area contributed by atoms with E-state index in [9.17, 15) is 166 Å². The van der Waals surface area contributed by atoms with Gasteiger partial charge in [-0.2, -0.15) is 166 Å². The van der Waals surface area contributed by atoms with Crippen LogP contribution in [0.2, 0.25) is 0 Å². The van der Waals surface area contributed by atoms with E-state index in [-0.39, 0.29) is 13.2 Å². The Labute approximate surface area is 326 Å². The van der Waals surface area contributed by atoms with Crippen LogP contribution in [0.15, 0.2) is 0 Å². The fourth-order valence-electron chi connectivity index (χ4n) is 2.85. The second-order valence-electron chi connectivity index (χ2n) is 11.0. The molecule has 0 fully saturated rings. The van der Waals surface area contributed by atoms with Crippen LogP contribution in [-0.4, -0.2) is 143 Å². The molecule has 0 aromatic heterocycles. The molecular formula is C20H12F34O8S2. The molecule has 8 nitrogen and oxygen atoms in total. The van der Waals surface area contributed by atoms with Gasteiger partial charge in [0.25, 0.3) is 0 Å². The van der Waals surface area contributed by atoms with Gasteiger partial charge in [-0.3, -0.25) is 9.11 Å². The average Bonchev–Trinajstić information content (AvgIpc) is 3.04. The van der Waals surface area contributed by atoms with E-state index in [1.165, 1.54) is 0 Å². The SMILES string of the molecule is O=S(=O)(O)C(F)(F)C(F)(F)C(F)(F)C(F)(F)C(F)(F)C(F)(F)C(F)(F)C(F)(F)F.O=S(=O)(O)C(F)(F)C(F)(F)C(F)(F)C(F)(F)C(F)(F)C(F)(F)C(F)(F)C(F)(F)F.OCCCCO. The summed E-state index contributed by atoms with van der Waals surface area (Å²) in [5.74, 6) is -104. The third-order valence-electron chi connectivity index (χ3n) is 6.60. The Bertz CT molecular complexity index is 1670. The molecule has 390 valence electrons. The Hall–Kier alpha value is -2.64. The molecule has 0 amide bonds. The molecule has 0 aliphatic carbocycles. The summed E-state index contributed by atoms with van der Waals surface area (Å²) in [6.45, 7) is 0.390. The monoisotopic (exact) mass is 1090 g/mol. The molecule has 0 saturated carbocycles. The zero-order valence-corrected chi connectivity index (χ0v) is 29.6. The van der Waals surface area contributed by atoms with Gasteiger partial charge in [0.1, 0.15) is 0 Å². The van der Waals surface area contributed by atoms with Crippen molar-refractivity contribution in [1.29, 1.82) is 0 Å². The molecule has 4 N–H and O–H groups in total. The molecular weight excluding hydrogens is 1080 g/mol. The van der Waals surface area contributed by atoms with Crippen molar-refractivity contribution in [3.63, 3.8) is 0 Å². The zero-order chi connectivity index (χ0) is 53.8. The van der Waals surface area contributed by atoms with Crippen LogP contribution in [0.3, 0.4) is 0 Å². The van der Waals surface area contributed by atoms with E-state index < -0.39 is 114 Å².